The van der Waals surface area contributed by atoms with E-state index >= 15 is 0 Å². The summed E-state index contributed by atoms with van der Waals surface area (Å²) >= 11 is 0. The van der Waals surface area contributed by atoms with Crippen molar-refractivity contribution in [2.45, 2.75) is 20.8 Å². The lowest BCUT2D eigenvalue weighted by molar-refractivity contribution is -0.114. The molecule has 0 radical (unpaired) electrons. The second-order valence-corrected chi connectivity index (χ2v) is 7.42. The van der Waals surface area contributed by atoms with E-state index in [1.165, 1.54) is 4.90 Å². The Morgan fingerprint density at radius 3 is 2.30 bits per heavy atom. The first-order valence-electron chi connectivity index (χ1n) is 6.45. The second kappa shape index (κ2) is 5.01. The van der Waals surface area contributed by atoms with Crippen LogP contribution < -0.4 is 4.90 Å². The summed E-state index contributed by atoms with van der Waals surface area (Å²) in [6.45, 7) is 5.18. The number of hydrogen-bond acceptors (Lipinski definition) is 4. The van der Waals surface area contributed by atoms with Gasteiger partial charge in [0.1, 0.15) is 0 Å². The summed E-state index contributed by atoms with van der Waals surface area (Å²) < 4.78 is 23.2. The van der Waals surface area contributed by atoms with Crippen LogP contribution >= 0.6 is 0 Å². The van der Waals surface area contributed by atoms with Crippen molar-refractivity contribution in [1.82, 2.24) is 0 Å². The van der Waals surface area contributed by atoms with Crippen LogP contribution in [0.4, 0.5) is 5.69 Å². The molecule has 2 rings (SSSR count). The van der Waals surface area contributed by atoms with Gasteiger partial charge < -0.3 is 4.90 Å². The van der Waals surface area contributed by atoms with E-state index in [0.29, 0.717) is 11.3 Å². The van der Waals surface area contributed by atoms with E-state index < -0.39 is 21.5 Å². The molecule has 1 aromatic rings. The number of anilines is 1. The highest BCUT2D eigenvalue weighted by Crippen LogP contribution is 2.34. The van der Waals surface area contributed by atoms with E-state index in [1.54, 1.807) is 19.9 Å². The third-order valence-corrected chi connectivity index (χ3v) is 5.27. The molecular formula is C14H17NO4S. The Morgan fingerprint density at radius 1 is 1.10 bits per heavy atom. The highest BCUT2D eigenvalue weighted by atomic mass is 32.2. The normalized spacial score (nSPS) is 14.8. The lowest BCUT2D eigenvalue weighted by Crippen LogP contribution is -2.34. The zero-order chi connectivity index (χ0) is 15.1. The first-order chi connectivity index (χ1) is 9.28. The van der Waals surface area contributed by atoms with Crippen molar-refractivity contribution in [2.75, 3.05) is 23.0 Å². The SMILES string of the molecule is CCS(=O)(=O)CCN1C(=O)C(=O)c2c(C)ccc(C)c21. The molecule has 1 aliphatic heterocycles. The number of carbonyl (C=O) groups excluding carboxylic acids is 2. The number of aryl methyl sites for hydroxylation is 2. The molecule has 0 unspecified atom stereocenters. The van der Waals surface area contributed by atoms with Crippen molar-refractivity contribution in [3.63, 3.8) is 0 Å². The van der Waals surface area contributed by atoms with Crippen molar-refractivity contribution < 1.29 is 18.0 Å². The van der Waals surface area contributed by atoms with E-state index in [9.17, 15) is 18.0 Å². The van der Waals surface area contributed by atoms with Gasteiger partial charge in [0.2, 0.25) is 0 Å². The van der Waals surface area contributed by atoms with E-state index in [2.05, 4.69) is 0 Å². The summed E-state index contributed by atoms with van der Waals surface area (Å²) in [6.07, 6.45) is 0. The van der Waals surface area contributed by atoms with Crippen LogP contribution in [0.15, 0.2) is 12.1 Å². The number of hydrogen-bond donors (Lipinski definition) is 0. The van der Waals surface area contributed by atoms with Crippen molar-refractivity contribution >= 4 is 27.2 Å². The number of Topliss-reactive ketones (excluding diaryl/α,β-unsaturated/α-hetero) is 1. The summed E-state index contributed by atoms with van der Waals surface area (Å²) in [5, 5.41) is 0. The Kier molecular flexibility index (Phi) is 3.69. The molecule has 108 valence electrons. The minimum Gasteiger partial charge on any atom is -0.303 e. The number of nitrogens with zero attached hydrogens (tertiary/aromatic N) is 1. The predicted octanol–water partition coefficient (Wildman–Crippen LogP) is 1.27. The minimum absolute atomic E-state index is 0.0258. The summed E-state index contributed by atoms with van der Waals surface area (Å²) in [5.74, 6) is -1.28. The number of fused-ring (bicyclic) bond motifs is 1. The molecule has 0 atom stereocenters. The number of amides is 1. The molecule has 0 saturated carbocycles. The van der Waals surface area contributed by atoms with Crippen LogP contribution in [0, 0.1) is 13.8 Å². The molecule has 0 aromatic heterocycles. The van der Waals surface area contributed by atoms with Gasteiger partial charge in [-0.05, 0) is 25.0 Å². The van der Waals surface area contributed by atoms with Crippen molar-refractivity contribution in [2.24, 2.45) is 0 Å². The van der Waals surface area contributed by atoms with Gasteiger partial charge in [-0.2, -0.15) is 0 Å². The Hall–Kier alpha value is -1.69. The molecule has 0 fully saturated rings. The number of ketones is 1. The fraction of sp³-hybridized carbons (Fsp3) is 0.429. The van der Waals surface area contributed by atoms with Gasteiger partial charge in [0, 0.05) is 12.3 Å². The van der Waals surface area contributed by atoms with Crippen LogP contribution in [0.3, 0.4) is 0 Å². The summed E-state index contributed by atoms with van der Waals surface area (Å²) in [7, 11) is -3.18. The lowest BCUT2D eigenvalue weighted by Gasteiger charge is -2.18. The van der Waals surface area contributed by atoms with Gasteiger partial charge in [0.05, 0.1) is 17.0 Å². The maximum absolute atomic E-state index is 12.1. The van der Waals surface area contributed by atoms with Crippen LogP contribution in [0.5, 0.6) is 0 Å². The van der Waals surface area contributed by atoms with Crippen LogP contribution in [-0.4, -0.2) is 38.2 Å². The molecule has 0 aliphatic carbocycles. The molecule has 0 spiro atoms. The Morgan fingerprint density at radius 2 is 1.70 bits per heavy atom. The zero-order valence-electron chi connectivity index (χ0n) is 11.8. The summed E-state index contributed by atoms with van der Waals surface area (Å²) in [6, 6.07) is 3.63. The maximum atomic E-state index is 12.1. The number of benzene rings is 1. The minimum atomic E-state index is -3.18. The third kappa shape index (κ3) is 2.35. The predicted molar refractivity (Wildman–Crippen MR) is 76.9 cm³/mol. The van der Waals surface area contributed by atoms with E-state index in [0.717, 1.165) is 11.1 Å². The largest absolute Gasteiger partial charge is 0.303 e. The van der Waals surface area contributed by atoms with Gasteiger partial charge in [0.25, 0.3) is 11.7 Å². The second-order valence-electron chi connectivity index (χ2n) is 4.95. The van der Waals surface area contributed by atoms with Crippen molar-refractivity contribution in [3.8, 4) is 0 Å². The van der Waals surface area contributed by atoms with Crippen LogP contribution in [-0.2, 0) is 14.6 Å². The molecule has 0 saturated heterocycles. The van der Waals surface area contributed by atoms with Crippen LogP contribution in [0.2, 0.25) is 0 Å². The summed E-state index contributed by atoms with van der Waals surface area (Å²) in [4.78, 5) is 25.4. The van der Waals surface area contributed by atoms with E-state index in [1.807, 2.05) is 13.0 Å². The van der Waals surface area contributed by atoms with Gasteiger partial charge >= 0.3 is 0 Å². The quantitative estimate of drug-likeness (QED) is 0.784. The smallest absolute Gasteiger partial charge is 0.299 e. The highest BCUT2D eigenvalue weighted by Gasteiger charge is 2.38. The molecular weight excluding hydrogens is 278 g/mol. The van der Waals surface area contributed by atoms with Crippen LogP contribution in [0.25, 0.3) is 0 Å². The number of rotatable bonds is 4. The molecule has 1 aromatic carbocycles. The monoisotopic (exact) mass is 295 g/mol. The third-order valence-electron chi connectivity index (χ3n) is 3.59. The van der Waals surface area contributed by atoms with Crippen molar-refractivity contribution in [3.05, 3.63) is 28.8 Å². The van der Waals surface area contributed by atoms with Gasteiger partial charge in [-0.15, -0.1) is 0 Å². The fourth-order valence-electron chi connectivity index (χ4n) is 2.35. The Bertz CT molecular complexity index is 691. The van der Waals surface area contributed by atoms with Gasteiger partial charge in [-0.3, -0.25) is 9.59 Å². The Labute approximate surface area is 118 Å². The number of sulfone groups is 1. The topological polar surface area (TPSA) is 71.5 Å². The van der Waals surface area contributed by atoms with E-state index in [4.69, 9.17) is 0 Å². The molecule has 1 aliphatic rings. The van der Waals surface area contributed by atoms with Gasteiger partial charge in [-0.1, -0.05) is 19.1 Å². The average molecular weight is 295 g/mol. The molecule has 5 nitrogen and oxygen atoms in total. The standard InChI is InChI=1S/C14H17NO4S/c1-4-20(18,19)8-7-15-12-10(3)6-5-9(2)11(12)13(16)14(15)17/h5-6H,4,7-8H2,1-3H3. The van der Waals surface area contributed by atoms with Gasteiger partial charge in [-0.25, -0.2) is 8.42 Å². The molecule has 20 heavy (non-hydrogen) atoms. The number of carbonyl (C=O) groups is 2. The lowest BCUT2D eigenvalue weighted by atomic mass is 10.0. The summed E-state index contributed by atoms with van der Waals surface area (Å²) in [5.41, 5.74) is 2.51. The fourth-order valence-corrected chi connectivity index (χ4v) is 3.10. The highest BCUT2D eigenvalue weighted by molar-refractivity contribution is 7.91. The maximum Gasteiger partial charge on any atom is 0.299 e. The molecule has 0 bridgehead atoms. The Balaban J connectivity index is 2.41. The van der Waals surface area contributed by atoms with Crippen molar-refractivity contribution in [1.29, 1.82) is 0 Å². The molecule has 6 heteroatoms. The molecule has 0 N–H and O–H groups in total. The van der Waals surface area contributed by atoms with Crippen LogP contribution in [0.1, 0.15) is 28.4 Å². The first-order valence-corrected chi connectivity index (χ1v) is 8.27. The zero-order valence-corrected chi connectivity index (χ0v) is 12.6. The molecule has 1 amide bonds. The first kappa shape index (κ1) is 14.7. The van der Waals surface area contributed by atoms with E-state index in [-0.39, 0.29) is 18.1 Å². The van der Waals surface area contributed by atoms with Gasteiger partial charge in [0.15, 0.2) is 9.84 Å². The molecule has 1 heterocycles. The average Bonchev–Trinajstić information content (AvgIpc) is 2.66.